The maximum atomic E-state index is 10.5. The van der Waals surface area contributed by atoms with Crippen LogP contribution < -0.4 is 10.1 Å². The number of ether oxygens (including phenoxy) is 1. The molecule has 6 nitrogen and oxygen atoms in total. The highest BCUT2D eigenvalue weighted by Crippen LogP contribution is 2.18. The zero-order valence-electron chi connectivity index (χ0n) is 10.5. The molecule has 6 heteroatoms. The molecule has 2 aromatic rings. The van der Waals surface area contributed by atoms with E-state index in [1.165, 1.54) is 6.07 Å². The molecule has 0 aliphatic rings. The van der Waals surface area contributed by atoms with Crippen LogP contribution in [0.2, 0.25) is 0 Å². The summed E-state index contributed by atoms with van der Waals surface area (Å²) in [6, 6.07) is 10.6. The molecule has 0 spiro atoms. The molecule has 0 unspecified atom stereocenters. The second kappa shape index (κ2) is 6.01. The topological polar surface area (TPSA) is 77.5 Å². The van der Waals surface area contributed by atoms with Crippen LogP contribution in [0.5, 0.6) is 5.75 Å². The Balaban J connectivity index is 1.90. The van der Waals surface area contributed by atoms with Crippen molar-refractivity contribution in [2.75, 3.05) is 7.11 Å². The molecule has 0 atom stereocenters. The SMILES string of the molecule is COc1ccccc1CNCc1ccc([N+](=O)[O-])o1. The Morgan fingerprint density at radius 1 is 1.26 bits per heavy atom. The number of methoxy groups -OCH3 is 1. The summed E-state index contributed by atoms with van der Waals surface area (Å²) in [6.45, 7) is 1.02. The molecule has 19 heavy (non-hydrogen) atoms. The summed E-state index contributed by atoms with van der Waals surface area (Å²) in [4.78, 5) is 9.92. The number of benzene rings is 1. The van der Waals surface area contributed by atoms with Crippen molar-refractivity contribution in [3.63, 3.8) is 0 Å². The smallest absolute Gasteiger partial charge is 0.433 e. The highest BCUT2D eigenvalue weighted by atomic mass is 16.6. The van der Waals surface area contributed by atoms with Crippen LogP contribution in [-0.2, 0) is 13.1 Å². The second-order valence-corrected chi connectivity index (χ2v) is 3.91. The van der Waals surface area contributed by atoms with Gasteiger partial charge in [-0.3, -0.25) is 10.1 Å². The van der Waals surface area contributed by atoms with E-state index in [9.17, 15) is 10.1 Å². The number of para-hydroxylation sites is 1. The van der Waals surface area contributed by atoms with E-state index in [-0.39, 0.29) is 5.88 Å². The van der Waals surface area contributed by atoms with Gasteiger partial charge < -0.3 is 14.5 Å². The van der Waals surface area contributed by atoms with Crippen molar-refractivity contribution in [3.05, 3.63) is 57.8 Å². The highest BCUT2D eigenvalue weighted by molar-refractivity contribution is 5.33. The van der Waals surface area contributed by atoms with Gasteiger partial charge in [0.25, 0.3) is 0 Å². The molecule has 0 amide bonds. The average molecular weight is 262 g/mol. The summed E-state index contributed by atoms with van der Waals surface area (Å²) in [5.74, 6) is 1.09. The summed E-state index contributed by atoms with van der Waals surface area (Å²) in [5, 5.41) is 13.6. The fourth-order valence-electron chi connectivity index (χ4n) is 1.73. The second-order valence-electron chi connectivity index (χ2n) is 3.91. The lowest BCUT2D eigenvalue weighted by Crippen LogP contribution is -2.12. The fraction of sp³-hybridized carbons (Fsp3) is 0.231. The highest BCUT2D eigenvalue weighted by Gasteiger charge is 2.11. The molecule has 1 aromatic carbocycles. The first-order valence-corrected chi connectivity index (χ1v) is 5.76. The van der Waals surface area contributed by atoms with Crippen molar-refractivity contribution in [1.29, 1.82) is 0 Å². The molecular formula is C13H14N2O4. The maximum Gasteiger partial charge on any atom is 0.433 e. The first-order valence-electron chi connectivity index (χ1n) is 5.76. The van der Waals surface area contributed by atoms with Crippen LogP contribution in [0.4, 0.5) is 5.88 Å². The average Bonchev–Trinajstić information content (AvgIpc) is 2.88. The molecular weight excluding hydrogens is 248 g/mol. The first-order chi connectivity index (χ1) is 9.20. The van der Waals surface area contributed by atoms with Crippen LogP contribution in [0, 0.1) is 10.1 Å². The Labute approximate surface area is 110 Å². The Bertz CT molecular complexity index is 565. The van der Waals surface area contributed by atoms with Crippen LogP contribution >= 0.6 is 0 Å². The lowest BCUT2D eigenvalue weighted by Gasteiger charge is -2.08. The van der Waals surface area contributed by atoms with Crippen molar-refractivity contribution >= 4 is 5.88 Å². The Morgan fingerprint density at radius 3 is 2.74 bits per heavy atom. The van der Waals surface area contributed by atoms with Gasteiger partial charge in [0.15, 0.2) is 0 Å². The number of hydrogen-bond donors (Lipinski definition) is 1. The third kappa shape index (κ3) is 3.32. The van der Waals surface area contributed by atoms with Gasteiger partial charge in [-0.05, 0) is 12.1 Å². The molecule has 0 saturated heterocycles. The fourth-order valence-corrected chi connectivity index (χ4v) is 1.73. The molecule has 100 valence electrons. The Hall–Kier alpha value is -2.34. The van der Waals surface area contributed by atoms with Gasteiger partial charge in [-0.15, -0.1) is 0 Å². The minimum absolute atomic E-state index is 0.242. The van der Waals surface area contributed by atoms with Crippen molar-refractivity contribution < 1.29 is 14.1 Å². The van der Waals surface area contributed by atoms with Crippen molar-refractivity contribution in [1.82, 2.24) is 5.32 Å². The Kier molecular flexibility index (Phi) is 4.15. The monoisotopic (exact) mass is 262 g/mol. The zero-order valence-corrected chi connectivity index (χ0v) is 10.5. The van der Waals surface area contributed by atoms with Crippen LogP contribution in [0.3, 0.4) is 0 Å². The van der Waals surface area contributed by atoms with Gasteiger partial charge >= 0.3 is 5.88 Å². The number of furan rings is 1. The lowest BCUT2D eigenvalue weighted by atomic mass is 10.2. The van der Waals surface area contributed by atoms with E-state index in [4.69, 9.17) is 9.15 Å². The van der Waals surface area contributed by atoms with E-state index in [0.717, 1.165) is 11.3 Å². The summed E-state index contributed by atoms with van der Waals surface area (Å²) in [5.41, 5.74) is 1.02. The largest absolute Gasteiger partial charge is 0.496 e. The molecule has 0 bridgehead atoms. The predicted octanol–water partition coefficient (Wildman–Crippen LogP) is 2.49. The van der Waals surface area contributed by atoms with Gasteiger partial charge in [0.1, 0.15) is 16.4 Å². The minimum Gasteiger partial charge on any atom is -0.496 e. The molecule has 0 aliphatic carbocycles. The number of nitrogens with one attached hydrogen (secondary N) is 1. The van der Waals surface area contributed by atoms with Gasteiger partial charge in [-0.2, -0.15) is 0 Å². The van der Waals surface area contributed by atoms with E-state index < -0.39 is 4.92 Å². The summed E-state index contributed by atoms with van der Waals surface area (Å²) >= 11 is 0. The molecule has 1 heterocycles. The van der Waals surface area contributed by atoms with E-state index in [0.29, 0.717) is 18.8 Å². The summed E-state index contributed by atoms with van der Waals surface area (Å²) in [7, 11) is 1.62. The number of nitrogens with zero attached hydrogens (tertiary/aromatic N) is 1. The van der Waals surface area contributed by atoms with Gasteiger partial charge in [0, 0.05) is 12.1 Å². The summed E-state index contributed by atoms with van der Waals surface area (Å²) in [6.07, 6.45) is 0. The van der Waals surface area contributed by atoms with Crippen molar-refractivity contribution in [2.45, 2.75) is 13.1 Å². The van der Waals surface area contributed by atoms with Crippen molar-refractivity contribution in [3.8, 4) is 5.75 Å². The van der Waals surface area contributed by atoms with E-state index >= 15 is 0 Å². The molecule has 0 fully saturated rings. The van der Waals surface area contributed by atoms with Crippen LogP contribution in [0.15, 0.2) is 40.8 Å². The molecule has 0 aliphatic heterocycles. The molecule has 0 radical (unpaired) electrons. The van der Waals surface area contributed by atoms with Crippen molar-refractivity contribution in [2.24, 2.45) is 0 Å². The first kappa shape index (κ1) is 13.1. The summed E-state index contributed by atoms with van der Waals surface area (Å²) < 4.78 is 10.3. The van der Waals surface area contributed by atoms with E-state index in [2.05, 4.69) is 5.32 Å². The zero-order chi connectivity index (χ0) is 13.7. The molecule has 1 N–H and O–H groups in total. The number of nitro groups is 1. The third-order valence-electron chi connectivity index (χ3n) is 2.63. The van der Waals surface area contributed by atoms with E-state index in [1.54, 1.807) is 13.2 Å². The quantitative estimate of drug-likeness (QED) is 0.639. The number of rotatable bonds is 6. The van der Waals surface area contributed by atoms with Gasteiger partial charge in [0.2, 0.25) is 0 Å². The maximum absolute atomic E-state index is 10.5. The molecule has 1 aromatic heterocycles. The molecule has 0 saturated carbocycles. The lowest BCUT2D eigenvalue weighted by molar-refractivity contribution is -0.402. The number of hydrogen-bond acceptors (Lipinski definition) is 5. The normalized spacial score (nSPS) is 10.4. The molecule has 2 rings (SSSR count). The van der Waals surface area contributed by atoms with Crippen LogP contribution in [-0.4, -0.2) is 12.0 Å². The van der Waals surface area contributed by atoms with Crippen LogP contribution in [0.25, 0.3) is 0 Å². The standard InChI is InChI=1S/C13H14N2O4/c1-18-12-5-3-2-4-10(12)8-14-9-11-6-7-13(19-11)15(16)17/h2-7,14H,8-9H2,1H3. The van der Waals surface area contributed by atoms with Crippen LogP contribution in [0.1, 0.15) is 11.3 Å². The third-order valence-corrected chi connectivity index (χ3v) is 2.63. The minimum atomic E-state index is -0.552. The van der Waals surface area contributed by atoms with E-state index in [1.807, 2.05) is 24.3 Å². The van der Waals surface area contributed by atoms with Gasteiger partial charge in [0.05, 0.1) is 19.7 Å². The Morgan fingerprint density at radius 2 is 2.05 bits per heavy atom. The van der Waals surface area contributed by atoms with Gasteiger partial charge in [-0.25, -0.2) is 0 Å². The van der Waals surface area contributed by atoms with Gasteiger partial charge in [-0.1, -0.05) is 18.2 Å². The predicted molar refractivity (Wildman–Crippen MR) is 68.9 cm³/mol.